The zero-order valence-electron chi connectivity index (χ0n) is 9.04. The fourth-order valence-corrected chi connectivity index (χ4v) is 1.42. The lowest BCUT2D eigenvalue weighted by molar-refractivity contribution is 0.200. The number of nitrogens with one attached hydrogen (secondary N) is 1. The molecule has 0 spiro atoms. The second-order valence-electron chi connectivity index (χ2n) is 3.19. The molecule has 3 N–H and O–H groups in total. The first-order valence-electron chi connectivity index (χ1n) is 4.85. The Bertz CT molecular complexity index is 204. The predicted octanol–water partition coefficient (Wildman–Crippen LogP) is 1.10. The van der Waals surface area contributed by atoms with Gasteiger partial charge >= 0.3 is 6.03 Å². The van der Waals surface area contributed by atoms with Gasteiger partial charge in [-0.25, -0.2) is 4.79 Å². The van der Waals surface area contributed by atoms with Crippen LogP contribution in [-0.4, -0.2) is 35.1 Å². The van der Waals surface area contributed by atoms with Crippen LogP contribution >= 0.6 is 12.2 Å². The van der Waals surface area contributed by atoms with Crippen LogP contribution in [0.5, 0.6) is 0 Å². The molecule has 0 radical (unpaired) electrons. The van der Waals surface area contributed by atoms with Crippen molar-refractivity contribution in [2.24, 2.45) is 5.73 Å². The second kappa shape index (κ2) is 6.59. The largest absolute Gasteiger partial charge is 0.393 e. The Kier molecular flexibility index (Phi) is 6.19. The molecule has 4 nitrogen and oxygen atoms in total. The number of carbonyl (C=O) groups is 1. The third kappa shape index (κ3) is 5.01. The van der Waals surface area contributed by atoms with Gasteiger partial charge < -0.3 is 16.0 Å². The van der Waals surface area contributed by atoms with E-state index in [1.54, 1.807) is 4.90 Å². The van der Waals surface area contributed by atoms with Crippen molar-refractivity contribution in [2.45, 2.75) is 33.2 Å². The minimum atomic E-state index is -0.0567. The number of nitrogens with zero attached hydrogens (tertiary/aromatic N) is 1. The number of carbonyl (C=O) groups excluding carboxylic acids is 1. The molecule has 2 amide bonds. The summed E-state index contributed by atoms with van der Waals surface area (Å²) >= 11 is 4.76. The summed E-state index contributed by atoms with van der Waals surface area (Å²) in [6, 6.07) is -0.0562. The molecule has 5 heteroatoms. The van der Waals surface area contributed by atoms with Gasteiger partial charge in [0.25, 0.3) is 0 Å². The maximum Gasteiger partial charge on any atom is 0.317 e. The van der Waals surface area contributed by atoms with Crippen molar-refractivity contribution >= 4 is 23.2 Å². The average Bonchev–Trinajstić information content (AvgIpc) is 2.04. The molecule has 82 valence electrons. The van der Waals surface area contributed by atoms with Crippen LogP contribution in [0.15, 0.2) is 0 Å². The molecule has 0 heterocycles. The number of thiocarbonyl (C=S) groups is 1. The molecule has 0 saturated carbocycles. The molecule has 1 atom stereocenters. The Labute approximate surface area is 90.8 Å². The summed E-state index contributed by atoms with van der Waals surface area (Å²) in [5, 5.41) is 2.83. The first-order valence-corrected chi connectivity index (χ1v) is 5.25. The average molecular weight is 217 g/mol. The lowest BCUT2D eigenvalue weighted by atomic mass is 10.2. The Balaban J connectivity index is 3.97. The van der Waals surface area contributed by atoms with E-state index in [2.05, 4.69) is 5.32 Å². The standard InChI is InChI=1S/C9H19N3OS/c1-4-12(5-2)9(13)11-7(3)6-8(10)14/h7H,4-6H2,1-3H3,(H2,10,14)(H,11,13). The van der Waals surface area contributed by atoms with Gasteiger partial charge in [-0.1, -0.05) is 12.2 Å². The van der Waals surface area contributed by atoms with Gasteiger partial charge in [0.2, 0.25) is 0 Å². The number of nitrogens with two attached hydrogens (primary N) is 1. The quantitative estimate of drug-likeness (QED) is 0.678. The molecule has 0 aliphatic rings. The van der Waals surface area contributed by atoms with E-state index in [1.807, 2.05) is 20.8 Å². The molecule has 0 aromatic rings. The molecule has 14 heavy (non-hydrogen) atoms. The van der Waals surface area contributed by atoms with E-state index in [0.29, 0.717) is 24.5 Å². The molecule has 0 aromatic heterocycles. The Hall–Kier alpha value is -0.840. The van der Waals surface area contributed by atoms with E-state index in [0.717, 1.165) is 0 Å². The Morgan fingerprint density at radius 3 is 2.36 bits per heavy atom. The maximum atomic E-state index is 11.5. The highest BCUT2D eigenvalue weighted by Crippen LogP contribution is 1.94. The third-order valence-electron chi connectivity index (χ3n) is 1.93. The summed E-state index contributed by atoms with van der Waals surface area (Å²) in [6.07, 6.45) is 0.544. The van der Waals surface area contributed by atoms with Crippen molar-refractivity contribution in [3.05, 3.63) is 0 Å². The van der Waals surface area contributed by atoms with Crippen LogP contribution in [0.2, 0.25) is 0 Å². The SMILES string of the molecule is CCN(CC)C(=O)NC(C)CC(N)=S. The van der Waals surface area contributed by atoms with Gasteiger partial charge in [-0.3, -0.25) is 0 Å². The van der Waals surface area contributed by atoms with E-state index in [9.17, 15) is 4.79 Å². The number of rotatable bonds is 5. The molecule has 0 bridgehead atoms. The van der Waals surface area contributed by atoms with Gasteiger partial charge in [0.1, 0.15) is 0 Å². The van der Waals surface area contributed by atoms with Gasteiger partial charge in [0.15, 0.2) is 0 Å². The molecule has 0 aliphatic carbocycles. The minimum absolute atomic E-state index is 0.000556. The summed E-state index contributed by atoms with van der Waals surface area (Å²) in [4.78, 5) is 13.7. The molecule has 0 aliphatic heterocycles. The normalized spacial score (nSPS) is 11.9. The van der Waals surface area contributed by atoms with Crippen molar-refractivity contribution in [1.29, 1.82) is 0 Å². The van der Waals surface area contributed by atoms with Gasteiger partial charge in [0, 0.05) is 25.6 Å². The number of urea groups is 1. The highest BCUT2D eigenvalue weighted by atomic mass is 32.1. The van der Waals surface area contributed by atoms with Crippen LogP contribution in [0.3, 0.4) is 0 Å². The van der Waals surface area contributed by atoms with Crippen LogP contribution in [0.1, 0.15) is 27.2 Å². The van der Waals surface area contributed by atoms with Crippen molar-refractivity contribution in [2.75, 3.05) is 13.1 Å². The molecule has 1 unspecified atom stereocenters. The Morgan fingerprint density at radius 2 is 2.00 bits per heavy atom. The van der Waals surface area contributed by atoms with Gasteiger partial charge in [-0.05, 0) is 20.8 Å². The van der Waals surface area contributed by atoms with Crippen molar-refractivity contribution in [3.63, 3.8) is 0 Å². The van der Waals surface area contributed by atoms with Gasteiger partial charge in [-0.2, -0.15) is 0 Å². The fourth-order valence-electron chi connectivity index (χ4n) is 1.17. The summed E-state index contributed by atoms with van der Waals surface area (Å²) in [7, 11) is 0. The topological polar surface area (TPSA) is 58.4 Å². The van der Waals surface area contributed by atoms with E-state index in [4.69, 9.17) is 18.0 Å². The first-order chi connectivity index (χ1) is 6.51. The summed E-state index contributed by atoms with van der Waals surface area (Å²) in [6.45, 7) is 7.20. The molecule has 0 aromatic carbocycles. The number of amides is 2. The van der Waals surface area contributed by atoms with Gasteiger partial charge in [-0.15, -0.1) is 0 Å². The molecule has 0 fully saturated rings. The Morgan fingerprint density at radius 1 is 1.50 bits per heavy atom. The van der Waals surface area contributed by atoms with Crippen LogP contribution in [0, 0.1) is 0 Å². The fraction of sp³-hybridized carbons (Fsp3) is 0.778. The smallest absolute Gasteiger partial charge is 0.317 e. The number of hydrogen-bond acceptors (Lipinski definition) is 2. The van der Waals surface area contributed by atoms with Crippen LogP contribution < -0.4 is 11.1 Å². The van der Waals surface area contributed by atoms with E-state index < -0.39 is 0 Å². The highest BCUT2D eigenvalue weighted by molar-refractivity contribution is 7.80. The lowest BCUT2D eigenvalue weighted by Gasteiger charge is -2.22. The van der Waals surface area contributed by atoms with Crippen molar-refractivity contribution in [1.82, 2.24) is 10.2 Å². The summed E-state index contributed by atoms with van der Waals surface area (Å²) in [5.74, 6) is 0. The van der Waals surface area contributed by atoms with Crippen molar-refractivity contribution < 1.29 is 4.79 Å². The maximum absolute atomic E-state index is 11.5. The van der Waals surface area contributed by atoms with Crippen LogP contribution in [0.4, 0.5) is 4.79 Å². The van der Waals surface area contributed by atoms with Crippen molar-refractivity contribution in [3.8, 4) is 0 Å². The predicted molar refractivity (Wildman–Crippen MR) is 62.3 cm³/mol. The molecule has 0 saturated heterocycles. The molecular formula is C9H19N3OS. The second-order valence-corrected chi connectivity index (χ2v) is 3.72. The van der Waals surface area contributed by atoms with Gasteiger partial charge in [0.05, 0.1) is 4.99 Å². The van der Waals surface area contributed by atoms with E-state index >= 15 is 0 Å². The van der Waals surface area contributed by atoms with Crippen LogP contribution in [-0.2, 0) is 0 Å². The molecule has 0 rings (SSSR count). The zero-order chi connectivity index (χ0) is 11.1. The summed E-state index contributed by atoms with van der Waals surface area (Å²) in [5.41, 5.74) is 5.38. The first kappa shape index (κ1) is 13.2. The minimum Gasteiger partial charge on any atom is -0.393 e. The van der Waals surface area contributed by atoms with Crippen LogP contribution in [0.25, 0.3) is 0 Å². The summed E-state index contributed by atoms with van der Waals surface area (Å²) < 4.78 is 0. The molecular weight excluding hydrogens is 198 g/mol. The lowest BCUT2D eigenvalue weighted by Crippen LogP contribution is -2.44. The highest BCUT2D eigenvalue weighted by Gasteiger charge is 2.12. The monoisotopic (exact) mass is 217 g/mol. The zero-order valence-corrected chi connectivity index (χ0v) is 9.86. The van der Waals surface area contributed by atoms with E-state index in [-0.39, 0.29) is 12.1 Å². The number of hydrogen-bond donors (Lipinski definition) is 2. The third-order valence-corrected chi connectivity index (χ3v) is 2.09. The van der Waals surface area contributed by atoms with E-state index in [1.165, 1.54) is 0 Å².